The van der Waals surface area contributed by atoms with E-state index in [9.17, 15) is 17.4 Å². The number of sulfonamides is 1. The molecule has 2 heterocycles. The Labute approximate surface area is 157 Å². The minimum Gasteiger partial charge on any atom is -0.324 e. The molecule has 26 heavy (non-hydrogen) atoms. The minimum absolute atomic E-state index is 0.0192. The molecule has 1 saturated carbocycles. The maximum atomic E-state index is 12.7. The predicted octanol–water partition coefficient (Wildman–Crippen LogP) is 1.31. The van der Waals surface area contributed by atoms with Crippen LogP contribution in [0.2, 0.25) is 0 Å². The standard InChI is InChI=1S/C18H24N2O4S2/c21-17-13-25(22)18(20(17)12-15-6-7-15)8-10-19(11-9-18)26(23,24)14-16-4-2-1-3-5-16/h1-5,15H,6-14H2. The van der Waals surface area contributed by atoms with Gasteiger partial charge in [-0.05, 0) is 37.2 Å². The van der Waals surface area contributed by atoms with E-state index in [1.807, 2.05) is 35.2 Å². The average molecular weight is 397 g/mol. The first-order valence-electron chi connectivity index (χ1n) is 9.11. The molecule has 1 aromatic carbocycles. The van der Waals surface area contributed by atoms with Crippen LogP contribution in [0.5, 0.6) is 0 Å². The van der Waals surface area contributed by atoms with Gasteiger partial charge in [-0.25, -0.2) is 12.7 Å². The van der Waals surface area contributed by atoms with E-state index in [0.29, 0.717) is 38.4 Å². The van der Waals surface area contributed by atoms with Crippen molar-refractivity contribution >= 4 is 26.7 Å². The number of carbonyl (C=O) groups excluding carboxylic acids is 1. The Bertz CT molecular complexity index is 813. The molecule has 0 bridgehead atoms. The van der Waals surface area contributed by atoms with Crippen molar-refractivity contribution in [3.05, 3.63) is 35.9 Å². The van der Waals surface area contributed by atoms with Crippen molar-refractivity contribution in [2.75, 3.05) is 25.4 Å². The largest absolute Gasteiger partial charge is 0.324 e. The zero-order chi connectivity index (χ0) is 18.4. The molecule has 1 atom stereocenters. The Hall–Kier alpha value is -1.25. The first kappa shape index (κ1) is 18.1. The van der Waals surface area contributed by atoms with Crippen molar-refractivity contribution in [2.45, 2.75) is 36.3 Å². The summed E-state index contributed by atoms with van der Waals surface area (Å²) >= 11 is 0. The maximum Gasteiger partial charge on any atom is 0.236 e. The van der Waals surface area contributed by atoms with E-state index in [4.69, 9.17) is 0 Å². The van der Waals surface area contributed by atoms with E-state index < -0.39 is 25.7 Å². The average Bonchev–Trinajstić information content (AvgIpc) is 3.40. The number of piperidine rings is 1. The van der Waals surface area contributed by atoms with Gasteiger partial charge in [0.1, 0.15) is 10.6 Å². The van der Waals surface area contributed by atoms with E-state index >= 15 is 0 Å². The summed E-state index contributed by atoms with van der Waals surface area (Å²) in [5, 5.41) is 0. The molecule has 1 aromatic rings. The molecule has 2 saturated heterocycles. The van der Waals surface area contributed by atoms with E-state index in [-0.39, 0.29) is 17.4 Å². The molecule has 0 N–H and O–H groups in total. The van der Waals surface area contributed by atoms with Gasteiger partial charge in [-0.3, -0.25) is 9.00 Å². The SMILES string of the molecule is O=C1CS(=O)C2(CCN(S(=O)(=O)Cc3ccccc3)CC2)N1CC1CC1. The Morgan fingerprint density at radius 2 is 1.77 bits per heavy atom. The van der Waals surface area contributed by atoms with Crippen LogP contribution in [0.1, 0.15) is 31.2 Å². The quantitative estimate of drug-likeness (QED) is 0.752. The summed E-state index contributed by atoms with van der Waals surface area (Å²) in [4.78, 5) is 13.5. The molecule has 2 aliphatic heterocycles. The fraction of sp³-hybridized carbons (Fsp3) is 0.611. The lowest BCUT2D eigenvalue weighted by atomic mass is 10.0. The van der Waals surface area contributed by atoms with Crippen molar-refractivity contribution in [3.8, 4) is 0 Å². The number of hydrogen-bond acceptors (Lipinski definition) is 4. The smallest absolute Gasteiger partial charge is 0.236 e. The van der Waals surface area contributed by atoms with Crippen LogP contribution in [-0.2, 0) is 31.4 Å². The summed E-state index contributed by atoms with van der Waals surface area (Å²) in [6, 6.07) is 9.15. The highest BCUT2D eigenvalue weighted by molar-refractivity contribution is 7.88. The molecular weight excluding hydrogens is 372 g/mol. The van der Waals surface area contributed by atoms with Gasteiger partial charge in [-0.1, -0.05) is 30.3 Å². The van der Waals surface area contributed by atoms with Crippen molar-refractivity contribution < 1.29 is 17.4 Å². The molecule has 1 aliphatic carbocycles. The summed E-state index contributed by atoms with van der Waals surface area (Å²) in [7, 11) is -4.65. The minimum atomic E-state index is -3.41. The number of rotatable bonds is 5. The number of carbonyl (C=O) groups is 1. The summed E-state index contributed by atoms with van der Waals surface area (Å²) in [6.45, 7) is 1.34. The van der Waals surface area contributed by atoms with Crippen molar-refractivity contribution in [1.82, 2.24) is 9.21 Å². The first-order chi connectivity index (χ1) is 12.4. The lowest BCUT2D eigenvalue weighted by molar-refractivity contribution is -0.131. The highest BCUT2D eigenvalue weighted by atomic mass is 32.2. The van der Waals surface area contributed by atoms with Crippen LogP contribution >= 0.6 is 0 Å². The highest BCUT2D eigenvalue weighted by Gasteiger charge is 2.54. The number of hydrogen-bond donors (Lipinski definition) is 0. The third-order valence-electron chi connectivity index (χ3n) is 5.70. The van der Waals surface area contributed by atoms with Gasteiger partial charge in [0.05, 0.1) is 16.6 Å². The van der Waals surface area contributed by atoms with Gasteiger partial charge in [0, 0.05) is 19.6 Å². The molecule has 3 aliphatic rings. The molecule has 1 amide bonds. The molecule has 4 rings (SSSR count). The van der Waals surface area contributed by atoms with Crippen LogP contribution in [-0.4, -0.2) is 58.0 Å². The van der Waals surface area contributed by atoms with Crippen LogP contribution in [0.3, 0.4) is 0 Å². The zero-order valence-corrected chi connectivity index (χ0v) is 16.3. The van der Waals surface area contributed by atoms with Gasteiger partial charge >= 0.3 is 0 Å². The highest BCUT2D eigenvalue weighted by Crippen LogP contribution is 2.41. The topological polar surface area (TPSA) is 74.8 Å². The van der Waals surface area contributed by atoms with Crippen molar-refractivity contribution in [3.63, 3.8) is 0 Å². The van der Waals surface area contributed by atoms with Crippen LogP contribution in [0.25, 0.3) is 0 Å². The second-order valence-corrected chi connectivity index (χ2v) is 11.2. The number of nitrogens with zero attached hydrogens (tertiary/aromatic N) is 2. The second-order valence-electron chi connectivity index (χ2n) is 7.52. The van der Waals surface area contributed by atoms with Gasteiger partial charge in [0.25, 0.3) is 0 Å². The van der Waals surface area contributed by atoms with E-state index in [2.05, 4.69) is 0 Å². The van der Waals surface area contributed by atoms with Crippen LogP contribution in [0.15, 0.2) is 30.3 Å². The third-order valence-corrected chi connectivity index (χ3v) is 9.53. The molecule has 3 fully saturated rings. The third kappa shape index (κ3) is 3.34. The first-order valence-corrected chi connectivity index (χ1v) is 12.0. The van der Waals surface area contributed by atoms with Gasteiger partial charge in [-0.2, -0.15) is 0 Å². The van der Waals surface area contributed by atoms with Crippen LogP contribution in [0, 0.1) is 5.92 Å². The Balaban J connectivity index is 1.47. The Morgan fingerprint density at radius 3 is 2.38 bits per heavy atom. The van der Waals surface area contributed by atoms with E-state index in [0.717, 1.165) is 18.4 Å². The summed E-state index contributed by atoms with van der Waals surface area (Å²) in [6.07, 6.45) is 3.19. The van der Waals surface area contributed by atoms with Gasteiger partial charge < -0.3 is 4.90 Å². The predicted molar refractivity (Wildman–Crippen MR) is 100 cm³/mol. The van der Waals surface area contributed by atoms with E-state index in [1.54, 1.807) is 0 Å². The molecule has 1 unspecified atom stereocenters. The molecule has 6 nitrogen and oxygen atoms in total. The summed E-state index contributed by atoms with van der Waals surface area (Å²) in [5.41, 5.74) is 0.766. The van der Waals surface area contributed by atoms with Gasteiger partial charge in [-0.15, -0.1) is 0 Å². The Morgan fingerprint density at radius 1 is 1.12 bits per heavy atom. The maximum absolute atomic E-state index is 12.7. The van der Waals surface area contributed by atoms with Gasteiger partial charge in [0.15, 0.2) is 0 Å². The van der Waals surface area contributed by atoms with Crippen molar-refractivity contribution in [2.24, 2.45) is 5.92 Å². The lowest BCUT2D eigenvalue weighted by Crippen LogP contribution is -2.56. The number of benzene rings is 1. The fourth-order valence-electron chi connectivity index (χ4n) is 3.99. The van der Waals surface area contributed by atoms with E-state index in [1.165, 1.54) is 4.31 Å². The van der Waals surface area contributed by atoms with Crippen molar-refractivity contribution in [1.29, 1.82) is 0 Å². The summed E-state index contributed by atoms with van der Waals surface area (Å²) < 4.78 is 39.7. The van der Waals surface area contributed by atoms with Gasteiger partial charge in [0.2, 0.25) is 15.9 Å². The normalized spacial score (nSPS) is 26.5. The monoisotopic (exact) mass is 396 g/mol. The Kier molecular flexibility index (Phi) is 4.69. The van der Waals surface area contributed by atoms with Crippen LogP contribution < -0.4 is 0 Å². The number of amides is 1. The molecule has 0 aromatic heterocycles. The molecular formula is C18H24N2O4S2. The molecule has 8 heteroatoms. The zero-order valence-electron chi connectivity index (χ0n) is 14.7. The molecule has 0 radical (unpaired) electrons. The summed E-state index contributed by atoms with van der Waals surface area (Å²) in [5.74, 6) is 0.569. The fourth-order valence-corrected chi connectivity index (χ4v) is 7.23. The lowest BCUT2D eigenvalue weighted by Gasteiger charge is -2.43. The molecule has 1 spiro atoms. The molecule has 142 valence electrons. The van der Waals surface area contributed by atoms with Crippen LogP contribution in [0.4, 0.5) is 0 Å². The second kappa shape index (κ2) is 6.73.